The van der Waals surface area contributed by atoms with E-state index in [0.29, 0.717) is 17.4 Å². The lowest BCUT2D eigenvalue weighted by molar-refractivity contribution is 0.0996. The molecule has 0 unspecified atom stereocenters. The van der Waals surface area contributed by atoms with Crippen molar-refractivity contribution in [2.45, 2.75) is 32.0 Å². The second-order valence-corrected chi connectivity index (χ2v) is 9.12. The van der Waals surface area contributed by atoms with Gasteiger partial charge in [0.2, 0.25) is 0 Å². The molecule has 10 heteroatoms. The molecule has 8 nitrogen and oxygen atoms in total. The van der Waals surface area contributed by atoms with Crippen LogP contribution in [-0.4, -0.2) is 58.5 Å². The molecule has 5 rings (SSSR count). The van der Waals surface area contributed by atoms with Crippen molar-refractivity contribution in [3.05, 3.63) is 70.0 Å². The lowest BCUT2D eigenvalue weighted by Gasteiger charge is -2.20. The van der Waals surface area contributed by atoms with Gasteiger partial charge in [-0.2, -0.15) is 0 Å². The van der Waals surface area contributed by atoms with Crippen molar-refractivity contribution < 1.29 is 4.74 Å². The fourth-order valence-corrected chi connectivity index (χ4v) is 5.28. The Labute approximate surface area is 208 Å². The van der Waals surface area contributed by atoms with E-state index in [9.17, 15) is 4.79 Å². The Balaban J connectivity index is 0.00000274. The van der Waals surface area contributed by atoms with Crippen LogP contribution in [0.4, 0.5) is 5.69 Å². The molecule has 0 bridgehead atoms. The molecule has 3 aromatic heterocycles. The number of likely N-dealkylation sites (N-methyl/N-ethyl adjacent to an activating group) is 1. The monoisotopic (exact) mass is 500 g/mol. The average Bonchev–Trinajstić information content (AvgIpc) is 3.61. The summed E-state index contributed by atoms with van der Waals surface area (Å²) >= 11 is 1.55. The first-order chi connectivity index (χ1) is 16.1. The topological polar surface area (TPSA) is 77.2 Å². The standard InChI is InChI=1S/C24H28N6O2S.ClH/c1-4-28-9-7-26-22(28)11-16-13-30(24-27-8-10-33-24)20-12-17(5-6-18(20)23(16)31)29-14-19(25-2)21(15-29)32-3;/h5-10,12-13,19,21,25H,4,11,14-15H2,1-3H3;1H/t19-,21-;/m0./s1. The van der Waals surface area contributed by atoms with Crippen LogP contribution in [0.15, 0.2) is 53.2 Å². The number of ether oxygens (including phenoxy) is 1. The highest BCUT2D eigenvalue weighted by Gasteiger charge is 2.32. The predicted molar refractivity (Wildman–Crippen MR) is 139 cm³/mol. The number of pyridine rings is 1. The summed E-state index contributed by atoms with van der Waals surface area (Å²) in [4.78, 5) is 24.8. The first kappa shape index (κ1) is 24.4. The summed E-state index contributed by atoms with van der Waals surface area (Å²) in [6.45, 7) is 4.54. The van der Waals surface area contributed by atoms with Crippen molar-refractivity contribution >= 4 is 40.3 Å². The Morgan fingerprint density at radius 3 is 2.76 bits per heavy atom. The van der Waals surface area contributed by atoms with Crippen molar-refractivity contribution in [1.29, 1.82) is 0 Å². The van der Waals surface area contributed by atoms with E-state index in [0.717, 1.165) is 41.8 Å². The number of nitrogens with one attached hydrogen (secondary N) is 1. The summed E-state index contributed by atoms with van der Waals surface area (Å²) in [5, 5.41) is 6.82. The zero-order valence-corrected chi connectivity index (χ0v) is 21.1. The Kier molecular flexibility index (Phi) is 7.37. The Morgan fingerprint density at radius 1 is 1.24 bits per heavy atom. The average molecular weight is 501 g/mol. The van der Waals surface area contributed by atoms with Gasteiger partial charge < -0.3 is 19.5 Å². The summed E-state index contributed by atoms with van der Waals surface area (Å²) in [5.74, 6) is 0.886. The van der Waals surface area contributed by atoms with Crippen LogP contribution in [0.2, 0.25) is 0 Å². The van der Waals surface area contributed by atoms with Gasteiger partial charge in [-0.15, -0.1) is 23.7 Å². The molecule has 2 atom stereocenters. The maximum Gasteiger partial charge on any atom is 0.193 e. The molecule has 1 saturated heterocycles. The van der Waals surface area contributed by atoms with Crippen LogP contribution in [0.1, 0.15) is 18.3 Å². The van der Waals surface area contributed by atoms with E-state index in [1.54, 1.807) is 30.8 Å². The molecule has 1 aromatic carbocycles. The quantitative estimate of drug-likeness (QED) is 0.420. The van der Waals surface area contributed by atoms with Gasteiger partial charge in [0, 0.05) is 80.0 Å². The van der Waals surface area contributed by atoms with Gasteiger partial charge >= 0.3 is 0 Å². The summed E-state index contributed by atoms with van der Waals surface area (Å²) in [5.41, 5.74) is 2.68. The third-order valence-corrected chi connectivity index (χ3v) is 7.25. The molecule has 0 aliphatic carbocycles. The molecule has 180 valence electrons. The van der Waals surface area contributed by atoms with Crippen molar-refractivity contribution in [2.24, 2.45) is 0 Å². The molecule has 0 spiro atoms. The van der Waals surface area contributed by atoms with E-state index in [2.05, 4.69) is 37.7 Å². The second kappa shape index (κ2) is 10.3. The molecule has 4 heterocycles. The molecule has 1 N–H and O–H groups in total. The van der Waals surface area contributed by atoms with Crippen LogP contribution in [0.5, 0.6) is 0 Å². The predicted octanol–water partition coefficient (Wildman–Crippen LogP) is 3.10. The summed E-state index contributed by atoms with van der Waals surface area (Å²) in [6.07, 6.45) is 8.06. The number of aryl methyl sites for hydroxylation is 1. The summed E-state index contributed by atoms with van der Waals surface area (Å²) in [6, 6.07) is 6.34. The number of hydrogen-bond donors (Lipinski definition) is 1. The number of nitrogens with zero attached hydrogens (tertiary/aromatic N) is 5. The molecule has 4 aromatic rings. The van der Waals surface area contributed by atoms with E-state index < -0.39 is 0 Å². The number of hydrogen-bond acceptors (Lipinski definition) is 7. The van der Waals surface area contributed by atoms with E-state index >= 15 is 0 Å². The lowest BCUT2D eigenvalue weighted by atomic mass is 10.1. The smallest absolute Gasteiger partial charge is 0.193 e. The molecule has 0 radical (unpaired) electrons. The highest BCUT2D eigenvalue weighted by molar-refractivity contribution is 7.12. The first-order valence-corrected chi connectivity index (χ1v) is 12.0. The van der Waals surface area contributed by atoms with Gasteiger partial charge in [0.1, 0.15) is 5.82 Å². The fraction of sp³-hybridized carbons (Fsp3) is 0.375. The minimum absolute atomic E-state index is 0. The van der Waals surface area contributed by atoms with Crippen molar-refractivity contribution in [1.82, 2.24) is 24.4 Å². The van der Waals surface area contributed by atoms with Gasteiger partial charge in [0.25, 0.3) is 0 Å². The number of thiazole rings is 1. The van der Waals surface area contributed by atoms with Gasteiger partial charge in [-0.3, -0.25) is 9.36 Å². The number of aromatic nitrogens is 4. The number of fused-ring (bicyclic) bond motifs is 1. The van der Waals surface area contributed by atoms with E-state index in [4.69, 9.17) is 4.74 Å². The lowest BCUT2D eigenvalue weighted by Crippen LogP contribution is -2.37. The van der Waals surface area contributed by atoms with Gasteiger partial charge in [-0.05, 0) is 32.2 Å². The minimum Gasteiger partial charge on any atom is -0.378 e. The normalized spacial score (nSPS) is 17.9. The highest BCUT2D eigenvalue weighted by Crippen LogP contribution is 2.28. The highest BCUT2D eigenvalue weighted by atomic mass is 35.5. The molecule has 0 amide bonds. The summed E-state index contributed by atoms with van der Waals surface area (Å²) in [7, 11) is 3.72. The molecule has 34 heavy (non-hydrogen) atoms. The van der Waals surface area contributed by atoms with Crippen LogP contribution in [0.3, 0.4) is 0 Å². The summed E-state index contributed by atoms with van der Waals surface area (Å²) < 4.78 is 9.77. The molecule has 1 aliphatic rings. The number of anilines is 1. The molecule has 1 aliphatic heterocycles. The van der Waals surface area contributed by atoms with Crippen LogP contribution >= 0.6 is 23.7 Å². The van der Waals surface area contributed by atoms with E-state index in [-0.39, 0.29) is 30.0 Å². The molecular weight excluding hydrogens is 472 g/mol. The molecule has 1 fully saturated rings. The third-order valence-electron chi connectivity index (χ3n) is 6.48. The Morgan fingerprint density at radius 2 is 2.09 bits per heavy atom. The number of imidazole rings is 1. The fourth-order valence-electron chi connectivity index (χ4n) is 4.65. The zero-order chi connectivity index (χ0) is 22.9. The Bertz CT molecular complexity index is 1310. The molecular formula is C24H29ClN6O2S. The third kappa shape index (κ3) is 4.36. The maximum atomic E-state index is 13.5. The van der Waals surface area contributed by atoms with Crippen LogP contribution in [-0.2, 0) is 17.7 Å². The second-order valence-electron chi connectivity index (χ2n) is 8.25. The van der Waals surface area contributed by atoms with Crippen LogP contribution in [0, 0.1) is 0 Å². The number of halogens is 1. The number of benzene rings is 1. The maximum absolute atomic E-state index is 13.5. The largest absolute Gasteiger partial charge is 0.378 e. The van der Waals surface area contributed by atoms with Gasteiger partial charge in [0.15, 0.2) is 10.6 Å². The van der Waals surface area contributed by atoms with Crippen molar-refractivity contribution in [3.8, 4) is 5.13 Å². The van der Waals surface area contributed by atoms with Gasteiger partial charge in [-0.1, -0.05) is 0 Å². The molecule has 0 saturated carbocycles. The van der Waals surface area contributed by atoms with Crippen molar-refractivity contribution in [2.75, 3.05) is 32.1 Å². The number of rotatable bonds is 7. The van der Waals surface area contributed by atoms with Gasteiger partial charge in [-0.25, -0.2) is 9.97 Å². The number of methoxy groups -OCH3 is 1. The SMILES string of the molecule is CCn1ccnc1Cc1cn(-c2nccs2)c2cc(N3C[C@H](NC)[C@@H](OC)C3)ccc2c1=O.Cl. The van der Waals surface area contributed by atoms with Crippen molar-refractivity contribution in [3.63, 3.8) is 0 Å². The Hall–Kier alpha value is -2.72. The van der Waals surface area contributed by atoms with Crippen LogP contribution in [0.25, 0.3) is 16.0 Å². The van der Waals surface area contributed by atoms with Crippen LogP contribution < -0.4 is 15.6 Å². The minimum atomic E-state index is 0. The van der Waals surface area contributed by atoms with E-state index in [1.165, 1.54) is 0 Å². The van der Waals surface area contributed by atoms with E-state index in [1.807, 2.05) is 41.5 Å². The first-order valence-electron chi connectivity index (χ1n) is 11.2. The van der Waals surface area contributed by atoms with Gasteiger partial charge in [0.05, 0.1) is 17.7 Å². The zero-order valence-electron chi connectivity index (χ0n) is 19.5.